The highest BCUT2D eigenvalue weighted by Crippen LogP contribution is 2.28. The maximum Gasteiger partial charge on any atom is 0.248 e. The molecule has 4 heteroatoms. The third-order valence-corrected chi connectivity index (χ3v) is 3.29. The van der Waals surface area contributed by atoms with Crippen LogP contribution < -0.4 is 5.73 Å². The normalized spacial score (nSPS) is 23.4. The van der Waals surface area contributed by atoms with Crippen LogP contribution >= 0.6 is 0 Å². The largest absolute Gasteiger partial charge is 0.329 e. The van der Waals surface area contributed by atoms with Gasteiger partial charge in [-0.2, -0.15) is 5.10 Å². The Morgan fingerprint density at radius 2 is 2.07 bits per heavy atom. The molecule has 2 aliphatic rings. The van der Waals surface area contributed by atoms with Crippen molar-refractivity contribution in [3.05, 3.63) is 0 Å². The second-order valence-electron chi connectivity index (χ2n) is 4.41. The van der Waals surface area contributed by atoms with E-state index in [1.54, 1.807) is 5.01 Å². The summed E-state index contributed by atoms with van der Waals surface area (Å²) in [6, 6.07) is 0. The van der Waals surface area contributed by atoms with Gasteiger partial charge in [0.25, 0.3) is 0 Å². The highest BCUT2D eigenvalue weighted by atomic mass is 16.2. The topological polar surface area (TPSA) is 58.7 Å². The number of hydrazone groups is 1. The molecule has 1 fully saturated rings. The minimum absolute atomic E-state index is 0.126. The fraction of sp³-hybridized carbons (Fsp3) is 0.818. The van der Waals surface area contributed by atoms with Crippen molar-refractivity contribution in [3.63, 3.8) is 0 Å². The van der Waals surface area contributed by atoms with Crippen LogP contribution in [0.15, 0.2) is 5.10 Å². The summed E-state index contributed by atoms with van der Waals surface area (Å²) in [5.41, 5.74) is 6.54. The average Bonchev–Trinajstić information content (AvgIpc) is 2.63. The second-order valence-corrected chi connectivity index (χ2v) is 4.41. The van der Waals surface area contributed by atoms with Gasteiger partial charge in [-0.05, 0) is 18.8 Å². The molecule has 0 aromatic heterocycles. The quantitative estimate of drug-likeness (QED) is 0.757. The molecule has 0 aromatic carbocycles. The van der Waals surface area contributed by atoms with Gasteiger partial charge in [-0.1, -0.05) is 19.3 Å². The standard InChI is InChI=1S/C11H19N3O/c12-6-7-14-11(15)8-10(13-14)9-4-2-1-3-5-9/h9H,1-8,12H2. The van der Waals surface area contributed by atoms with Crippen LogP contribution in [0.3, 0.4) is 0 Å². The minimum Gasteiger partial charge on any atom is -0.329 e. The fourth-order valence-corrected chi connectivity index (χ4v) is 2.45. The van der Waals surface area contributed by atoms with Gasteiger partial charge in [0.05, 0.1) is 18.7 Å². The van der Waals surface area contributed by atoms with Crippen molar-refractivity contribution in [1.82, 2.24) is 5.01 Å². The van der Waals surface area contributed by atoms with E-state index in [2.05, 4.69) is 5.10 Å². The Morgan fingerprint density at radius 1 is 1.33 bits per heavy atom. The van der Waals surface area contributed by atoms with Crippen LogP contribution in [-0.4, -0.2) is 29.7 Å². The van der Waals surface area contributed by atoms with E-state index >= 15 is 0 Å². The Morgan fingerprint density at radius 3 is 2.73 bits per heavy atom. The molecule has 2 N–H and O–H groups in total. The Labute approximate surface area is 90.5 Å². The molecule has 15 heavy (non-hydrogen) atoms. The molecular weight excluding hydrogens is 190 g/mol. The zero-order chi connectivity index (χ0) is 10.7. The van der Waals surface area contributed by atoms with Crippen molar-refractivity contribution in [2.24, 2.45) is 16.8 Å². The lowest BCUT2D eigenvalue weighted by atomic mass is 9.85. The average molecular weight is 209 g/mol. The molecule has 0 radical (unpaired) electrons. The Balaban J connectivity index is 1.97. The molecule has 0 saturated heterocycles. The van der Waals surface area contributed by atoms with Crippen molar-refractivity contribution in [2.75, 3.05) is 13.1 Å². The molecule has 0 atom stereocenters. The molecule has 1 amide bonds. The summed E-state index contributed by atoms with van der Waals surface area (Å²) in [6.07, 6.45) is 6.86. The number of rotatable bonds is 3. The molecule has 0 aromatic rings. The van der Waals surface area contributed by atoms with Crippen LogP contribution in [0.4, 0.5) is 0 Å². The van der Waals surface area contributed by atoms with Crippen molar-refractivity contribution in [3.8, 4) is 0 Å². The van der Waals surface area contributed by atoms with Crippen LogP contribution in [0, 0.1) is 5.92 Å². The monoisotopic (exact) mass is 209 g/mol. The summed E-state index contributed by atoms with van der Waals surface area (Å²) in [4.78, 5) is 11.6. The molecule has 1 aliphatic carbocycles. The Bertz CT molecular complexity index is 269. The van der Waals surface area contributed by atoms with Gasteiger partial charge in [-0.25, -0.2) is 5.01 Å². The zero-order valence-electron chi connectivity index (χ0n) is 9.11. The summed E-state index contributed by atoms with van der Waals surface area (Å²) in [6.45, 7) is 1.06. The predicted molar refractivity (Wildman–Crippen MR) is 59.4 cm³/mol. The van der Waals surface area contributed by atoms with Gasteiger partial charge < -0.3 is 5.73 Å². The van der Waals surface area contributed by atoms with Crippen molar-refractivity contribution in [2.45, 2.75) is 38.5 Å². The van der Waals surface area contributed by atoms with Crippen LogP contribution in [0.1, 0.15) is 38.5 Å². The fourth-order valence-electron chi connectivity index (χ4n) is 2.45. The molecule has 1 heterocycles. The lowest BCUT2D eigenvalue weighted by Gasteiger charge is -2.20. The maximum atomic E-state index is 11.6. The van der Waals surface area contributed by atoms with Crippen LogP contribution in [0.2, 0.25) is 0 Å². The Kier molecular flexibility index (Phi) is 3.36. The number of carbonyl (C=O) groups is 1. The first-order chi connectivity index (χ1) is 7.31. The summed E-state index contributed by atoms with van der Waals surface area (Å²) >= 11 is 0. The van der Waals surface area contributed by atoms with Gasteiger partial charge in [0.1, 0.15) is 0 Å². The van der Waals surface area contributed by atoms with Gasteiger partial charge in [0.2, 0.25) is 5.91 Å². The number of carbonyl (C=O) groups excluding carboxylic acids is 1. The smallest absolute Gasteiger partial charge is 0.248 e. The van der Waals surface area contributed by atoms with Gasteiger partial charge in [-0.15, -0.1) is 0 Å². The molecule has 0 spiro atoms. The van der Waals surface area contributed by atoms with Crippen molar-refractivity contribution >= 4 is 11.6 Å². The molecule has 0 unspecified atom stereocenters. The van der Waals surface area contributed by atoms with Crippen LogP contribution in [0.5, 0.6) is 0 Å². The maximum absolute atomic E-state index is 11.6. The molecule has 84 valence electrons. The summed E-state index contributed by atoms with van der Waals surface area (Å²) in [5, 5.41) is 5.95. The SMILES string of the molecule is NCCN1N=C(C2CCCCC2)CC1=O. The van der Waals surface area contributed by atoms with Crippen molar-refractivity contribution < 1.29 is 4.79 Å². The van der Waals surface area contributed by atoms with E-state index in [4.69, 9.17) is 5.73 Å². The summed E-state index contributed by atoms with van der Waals surface area (Å²) < 4.78 is 0. The summed E-state index contributed by atoms with van der Waals surface area (Å²) in [7, 11) is 0. The van der Waals surface area contributed by atoms with E-state index in [1.165, 1.54) is 32.1 Å². The molecule has 4 nitrogen and oxygen atoms in total. The first-order valence-electron chi connectivity index (χ1n) is 5.89. The highest BCUT2D eigenvalue weighted by molar-refractivity contribution is 6.06. The van der Waals surface area contributed by atoms with Crippen LogP contribution in [-0.2, 0) is 4.79 Å². The lowest BCUT2D eigenvalue weighted by Crippen LogP contribution is -2.26. The lowest BCUT2D eigenvalue weighted by molar-refractivity contribution is -0.128. The Hall–Kier alpha value is -0.900. The number of amides is 1. The number of hydrogen-bond acceptors (Lipinski definition) is 3. The molecular formula is C11H19N3O. The second kappa shape index (κ2) is 4.75. The number of nitrogens with two attached hydrogens (primary N) is 1. The van der Waals surface area contributed by atoms with Gasteiger partial charge in [-0.3, -0.25) is 4.79 Å². The number of hydrogen-bond donors (Lipinski definition) is 1. The number of nitrogens with zero attached hydrogens (tertiary/aromatic N) is 2. The zero-order valence-corrected chi connectivity index (χ0v) is 9.11. The van der Waals surface area contributed by atoms with E-state index in [-0.39, 0.29) is 5.91 Å². The van der Waals surface area contributed by atoms with Crippen LogP contribution in [0.25, 0.3) is 0 Å². The third kappa shape index (κ3) is 2.37. The van der Waals surface area contributed by atoms with E-state index in [9.17, 15) is 4.79 Å². The van der Waals surface area contributed by atoms with E-state index in [0.717, 1.165) is 5.71 Å². The molecule has 1 aliphatic heterocycles. The third-order valence-electron chi connectivity index (χ3n) is 3.29. The van der Waals surface area contributed by atoms with E-state index < -0.39 is 0 Å². The predicted octanol–water partition coefficient (Wildman–Crippen LogP) is 1.11. The van der Waals surface area contributed by atoms with Gasteiger partial charge in [0, 0.05) is 6.54 Å². The first kappa shape index (κ1) is 10.6. The van der Waals surface area contributed by atoms with E-state index in [1.807, 2.05) is 0 Å². The van der Waals surface area contributed by atoms with Crippen molar-refractivity contribution in [1.29, 1.82) is 0 Å². The molecule has 2 rings (SSSR count). The highest BCUT2D eigenvalue weighted by Gasteiger charge is 2.29. The first-order valence-corrected chi connectivity index (χ1v) is 5.89. The van der Waals surface area contributed by atoms with Gasteiger partial charge >= 0.3 is 0 Å². The summed E-state index contributed by atoms with van der Waals surface area (Å²) in [5.74, 6) is 0.687. The van der Waals surface area contributed by atoms with Gasteiger partial charge in [0.15, 0.2) is 0 Å². The molecule has 1 saturated carbocycles. The van der Waals surface area contributed by atoms with E-state index in [0.29, 0.717) is 25.4 Å². The molecule has 0 bridgehead atoms. The minimum atomic E-state index is 0.126.